The third-order valence-electron chi connectivity index (χ3n) is 7.08. The number of carboxylic acids is 1. The third kappa shape index (κ3) is 33.6. The standard InChI is InChI=1S/C40H64O4/c1-3-5-7-9-10-11-12-13-14-15-16-17-18-19-20-21-22-23-24-29-33-37-40(43)44-38(34-30-26-8-6-4-2)35-31-27-25-28-32-36-39(41)42/h5-8,10-11,13-14,16-17,30-31,34-35,38H,3-4,9,12,15,18-29,32-33,36-37H2,1-2H3,(H,41,42)/b7-5-,8-6-,11-10-,14-13-,17-16-,34-30-,35-31-. The summed E-state index contributed by atoms with van der Waals surface area (Å²) in [5.74, 6) is -0.871. The van der Waals surface area contributed by atoms with Crippen LogP contribution in [-0.2, 0) is 14.3 Å². The number of hydrogen-bond acceptors (Lipinski definition) is 3. The molecule has 0 aromatic rings. The zero-order valence-corrected chi connectivity index (χ0v) is 28.2. The number of ether oxygens (including phenoxy) is 1. The number of carboxylic acid groups (broad SMARTS) is 1. The van der Waals surface area contributed by atoms with E-state index in [1.807, 2.05) is 24.3 Å². The fourth-order valence-corrected chi connectivity index (χ4v) is 4.54. The minimum Gasteiger partial charge on any atom is -0.481 e. The lowest BCUT2D eigenvalue weighted by Crippen LogP contribution is -2.13. The summed E-state index contributed by atoms with van der Waals surface area (Å²) in [7, 11) is 0. The molecule has 1 N–H and O–H groups in total. The van der Waals surface area contributed by atoms with Gasteiger partial charge in [0.25, 0.3) is 0 Å². The fourth-order valence-electron chi connectivity index (χ4n) is 4.54. The van der Waals surface area contributed by atoms with E-state index in [1.54, 1.807) is 0 Å². The Bertz CT molecular complexity index is 872. The van der Waals surface area contributed by atoms with E-state index in [0.29, 0.717) is 12.8 Å². The number of esters is 1. The van der Waals surface area contributed by atoms with Gasteiger partial charge in [-0.2, -0.15) is 0 Å². The molecule has 0 rings (SSSR count). The van der Waals surface area contributed by atoms with Gasteiger partial charge in [-0.25, -0.2) is 0 Å². The second-order valence-electron chi connectivity index (χ2n) is 11.3. The van der Waals surface area contributed by atoms with Gasteiger partial charge in [-0.1, -0.05) is 132 Å². The van der Waals surface area contributed by atoms with Crippen molar-refractivity contribution in [3.63, 3.8) is 0 Å². The van der Waals surface area contributed by atoms with Crippen LogP contribution in [0.4, 0.5) is 0 Å². The van der Waals surface area contributed by atoms with E-state index >= 15 is 0 Å². The summed E-state index contributed by atoms with van der Waals surface area (Å²) in [5, 5.41) is 8.74. The molecule has 0 aliphatic heterocycles. The van der Waals surface area contributed by atoms with Crippen LogP contribution in [0.25, 0.3) is 0 Å². The second kappa shape index (κ2) is 34.6. The molecule has 0 aliphatic carbocycles. The van der Waals surface area contributed by atoms with Crippen molar-refractivity contribution < 1.29 is 19.4 Å². The van der Waals surface area contributed by atoms with Crippen LogP contribution < -0.4 is 0 Å². The Morgan fingerprint density at radius 3 is 1.48 bits per heavy atom. The molecule has 0 radical (unpaired) electrons. The highest BCUT2D eigenvalue weighted by molar-refractivity contribution is 5.69. The average Bonchev–Trinajstić information content (AvgIpc) is 3.00. The first-order valence-corrected chi connectivity index (χ1v) is 17.6. The monoisotopic (exact) mass is 608 g/mol. The molecule has 0 spiro atoms. The van der Waals surface area contributed by atoms with E-state index in [9.17, 15) is 9.59 Å². The van der Waals surface area contributed by atoms with Gasteiger partial charge in [0.1, 0.15) is 6.10 Å². The van der Waals surface area contributed by atoms with Gasteiger partial charge in [-0.15, -0.1) is 0 Å². The number of carbonyl (C=O) groups excluding carboxylic acids is 1. The zero-order chi connectivity index (χ0) is 32.2. The summed E-state index contributed by atoms with van der Waals surface area (Å²) >= 11 is 0. The molecule has 0 saturated carbocycles. The first-order valence-electron chi connectivity index (χ1n) is 17.6. The Morgan fingerprint density at radius 1 is 0.500 bits per heavy atom. The highest BCUT2D eigenvalue weighted by Crippen LogP contribution is 2.13. The highest BCUT2D eigenvalue weighted by Gasteiger charge is 2.08. The van der Waals surface area contributed by atoms with E-state index in [0.717, 1.165) is 70.6 Å². The summed E-state index contributed by atoms with van der Waals surface area (Å²) in [5.41, 5.74) is 0. The molecule has 1 unspecified atom stereocenters. The normalized spacial score (nSPS) is 13.3. The maximum atomic E-state index is 12.5. The van der Waals surface area contributed by atoms with Crippen molar-refractivity contribution in [2.45, 2.75) is 155 Å². The minimum absolute atomic E-state index is 0.134. The van der Waals surface area contributed by atoms with Crippen molar-refractivity contribution in [3.05, 3.63) is 85.1 Å². The predicted octanol–water partition coefficient (Wildman–Crippen LogP) is 12.1. The number of hydrogen-bond donors (Lipinski definition) is 1. The number of carbonyl (C=O) groups is 2. The van der Waals surface area contributed by atoms with Crippen molar-refractivity contribution >= 4 is 11.9 Å². The molecule has 4 heteroatoms. The summed E-state index contributed by atoms with van der Waals surface area (Å²) < 4.78 is 5.73. The Labute approximate surface area is 270 Å². The Morgan fingerprint density at radius 2 is 0.909 bits per heavy atom. The van der Waals surface area contributed by atoms with Crippen LogP contribution in [0.1, 0.15) is 149 Å². The highest BCUT2D eigenvalue weighted by atomic mass is 16.5. The Balaban J connectivity index is 3.92. The van der Waals surface area contributed by atoms with Crippen molar-refractivity contribution in [2.24, 2.45) is 0 Å². The zero-order valence-electron chi connectivity index (χ0n) is 28.2. The van der Waals surface area contributed by atoms with Crippen LogP contribution >= 0.6 is 0 Å². The van der Waals surface area contributed by atoms with Crippen LogP contribution in [0.3, 0.4) is 0 Å². The molecular formula is C40H64O4. The molecule has 0 fully saturated rings. The van der Waals surface area contributed by atoms with Gasteiger partial charge in [0.2, 0.25) is 0 Å². The molecule has 0 aliphatic rings. The predicted molar refractivity (Wildman–Crippen MR) is 190 cm³/mol. The largest absolute Gasteiger partial charge is 0.481 e. The third-order valence-corrected chi connectivity index (χ3v) is 7.08. The lowest BCUT2D eigenvalue weighted by Gasteiger charge is -2.11. The summed E-state index contributed by atoms with van der Waals surface area (Å²) in [6, 6.07) is 0. The molecule has 0 aromatic carbocycles. The topological polar surface area (TPSA) is 63.6 Å². The number of rotatable bonds is 30. The first-order chi connectivity index (χ1) is 21.6. The molecule has 44 heavy (non-hydrogen) atoms. The molecule has 0 aromatic heterocycles. The first kappa shape index (κ1) is 41.1. The minimum atomic E-state index is -0.737. The van der Waals surface area contributed by atoms with Crippen LogP contribution in [0.15, 0.2) is 85.1 Å². The Hall–Kier alpha value is -2.88. The fraction of sp³-hybridized carbons (Fsp3) is 0.600. The van der Waals surface area contributed by atoms with Crippen LogP contribution in [0.2, 0.25) is 0 Å². The van der Waals surface area contributed by atoms with Gasteiger partial charge in [0.15, 0.2) is 0 Å². The molecule has 0 saturated heterocycles. The molecule has 0 bridgehead atoms. The summed E-state index contributed by atoms with van der Waals surface area (Å²) in [6.07, 6.45) is 50.7. The number of aliphatic carboxylic acids is 1. The van der Waals surface area contributed by atoms with Crippen molar-refractivity contribution in [3.8, 4) is 0 Å². The SMILES string of the molecule is CC/C=C\C/C=C\C/C=C\C/C=C\CCCCCCCCCCC(=O)OC(/C=C\C/C=C\CC)/C=C\CCCCCC(=O)O. The van der Waals surface area contributed by atoms with Gasteiger partial charge in [0.05, 0.1) is 0 Å². The van der Waals surface area contributed by atoms with Gasteiger partial charge in [0, 0.05) is 12.8 Å². The van der Waals surface area contributed by atoms with Gasteiger partial charge in [-0.3, -0.25) is 9.59 Å². The maximum Gasteiger partial charge on any atom is 0.306 e. The molecule has 248 valence electrons. The van der Waals surface area contributed by atoms with Crippen LogP contribution in [0, 0.1) is 0 Å². The van der Waals surface area contributed by atoms with Gasteiger partial charge < -0.3 is 9.84 Å². The van der Waals surface area contributed by atoms with E-state index in [2.05, 4.69) is 74.6 Å². The quantitative estimate of drug-likeness (QED) is 0.0500. The number of allylic oxidation sites excluding steroid dienone is 12. The van der Waals surface area contributed by atoms with Gasteiger partial charge >= 0.3 is 11.9 Å². The maximum absolute atomic E-state index is 12.5. The van der Waals surface area contributed by atoms with E-state index in [1.165, 1.54) is 44.9 Å². The van der Waals surface area contributed by atoms with E-state index in [-0.39, 0.29) is 18.5 Å². The van der Waals surface area contributed by atoms with Crippen molar-refractivity contribution in [1.82, 2.24) is 0 Å². The van der Waals surface area contributed by atoms with Crippen LogP contribution in [0.5, 0.6) is 0 Å². The molecular weight excluding hydrogens is 544 g/mol. The Kier molecular flexibility index (Phi) is 32.3. The smallest absolute Gasteiger partial charge is 0.306 e. The lowest BCUT2D eigenvalue weighted by atomic mass is 10.1. The van der Waals surface area contributed by atoms with Gasteiger partial charge in [-0.05, 0) is 89.2 Å². The average molecular weight is 609 g/mol. The van der Waals surface area contributed by atoms with Crippen LogP contribution in [-0.4, -0.2) is 23.1 Å². The summed E-state index contributed by atoms with van der Waals surface area (Å²) in [6.45, 7) is 4.27. The molecule has 0 amide bonds. The van der Waals surface area contributed by atoms with E-state index < -0.39 is 5.97 Å². The van der Waals surface area contributed by atoms with Crippen molar-refractivity contribution in [1.29, 1.82) is 0 Å². The van der Waals surface area contributed by atoms with E-state index in [4.69, 9.17) is 9.84 Å². The number of unbranched alkanes of at least 4 members (excludes halogenated alkanes) is 11. The summed E-state index contributed by atoms with van der Waals surface area (Å²) in [4.78, 5) is 23.1. The molecule has 4 nitrogen and oxygen atoms in total. The molecule has 1 atom stereocenters. The second-order valence-corrected chi connectivity index (χ2v) is 11.3. The molecule has 0 heterocycles. The lowest BCUT2D eigenvalue weighted by molar-refractivity contribution is -0.145. The van der Waals surface area contributed by atoms with Crippen molar-refractivity contribution in [2.75, 3.05) is 0 Å².